The summed E-state index contributed by atoms with van der Waals surface area (Å²) in [7, 11) is 0.549. The SMILES string of the molecule is CC(=O)c1ccc2c(-c3ccc(F)cc3)cn(C(=O)OC(C)(C)C)c2c1.CC(=O)c1ccc2c(c1)CC=C2c1ccc(F)cc1.CC(=O)c1ccc2c(c1)[N+](C(=O)OC(C)(C)C)=CC2I.O.O=C(O)c1ccc2c(c1)CC=C2c1ccc(F)cc1.O=C(c1ccc2c(-c3ccc(F)cc3)c[nH]c2c1)N1CC(N2CCN(C(=O)c3nccs3)CC2)C1.O=C(c1nccs1)N1CCN(C2CNC2)CC1.O[B]Oc1ccc(F)cc1.[Li+].[OH-]. The maximum atomic E-state index is 13.3. The number of likely N-dealkylation sites (tertiary alicyclic amines) is 1. The van der Waals surface area contributed by atoms with Crippen molar-refractivity contribution >= 4 is 151 Å². The number of carbonyl (C=O) groups is 9. The first-order valence-electron chi connectivity index (χ1n) is 47.2. The fraction of sp³-hybridized carbons (Fsp3) is 0.250. The number of carbonyl (C=O) groups excluding carboxylic acids is 8. The molecule has 2 aliphatic carbocycles. The molecule has 7 aliphatic rings. The molecule has 37 heteroatoms. The number of carboxylic acids is 1. The number of aromatic nitrogens is 4. The molecule has 149 heavy (non-hydrogen) atoms. The van der Waals surface area contributed by atoms with Crippen LogP contribution in [0, 0.1) is 29.1 Å². The summed E-state index contributed by atoms with van der Waals surface area (Å²) in [5, 5.41) is 27.0. The zero-order chi connectivity index (χ0) is 104. The molecule has 5 aliphatic heterocycles. The zero-order valence-electron chi connectivity index (χ0n) is 83.5. The molecule has 4 amide bonds. The number of fused-ring (bicyclic) bond motifs is 5. The molecule has 10 aromatic carbocycles. The first-order chi connectivity index (χ1) is 69.9. The molecule has 21 rings (SSSR count). The molecular formula is C112H109BF5ILiN11O16S2+. The van der Waals surface area contributed by atoms with Gasteiger partial charge in [-0.2, -0.15) is 4.79 Å². The topological polar surface area (TPSA) is 361 Å². The second-order valence-electron chi connectivity index (χ2n) is 37.3. The van der Waals surface area contributed by atoms with Gasteiger partial charge < -0.3 is 60.2 Å². The number of H-pyrrole nitrogens is 1. The van der Waals surface area contributed by atoms with Crippen LogP contribution in [0.3, 0.4) is 0 Å². The van der Waals surface area contributed by atoms with Gasteiger partial charge in [-0.25, -0.2) is 41.5 Å². The summed E-state index contributed by atoms with van der Waals surface area (Å²) < 4.78 is 83.0. The number of nitrogens with one attached hydrogen (secondary N) is 2. The Hall–Kier alpha value is -13.9. The number of carboxylic acid groups (broad SMARTS) is 1. The van der Waals surface area contributed by atoms with Crippen molar-refractivity contribution in [1.29, 1.82) is 0 Å². The minimum atomic E-state index is -0.918. The maximum absolute atomic E-state index is 13.3. The molecule has 4 saturated heterocycles. The summed E-state index contributed by atoms with van der Waals surface area (Å²) in [6, 6.07) is 58.9. The normalized spacial score (nSPS) is 14.9. The maximum Gasteiger partial charge on any atom is 1.00 e. The first kappa shape index (κ1) is 114. The minimum Gasteiger partial charge on any atom is -0.870 e. The van der Waals surface area contributed by atoms with Crippen LogP contribution in [0.15, 0.2) is 260 Å². The second-order valence-corrected chi connectivity index (χ2v) is 40.5. The number of allylic oxidation sites excluding steroid dienone is 2. The Morgan fingerprint density at radius 3 is 1.37 bits per heavy atom. The number of aromatic carboxylic acids is 1. The number of aromatic amines is 1. The number of hydrogen-bond donors (Lipinski definition) is 4. The molecule has 765 valence electrons. The van der Waals surface area contributed by atoms with Crippen LogP contribution in [-0.2, 0) is 22.3 Å². The standard InChI is InChI=1S/C26H24FN5O2S.C21H20FNO3.C17H13FO.C16H11FO2.C15H17INO3.C11H16N4OS.C6H5BFO2.Li.2H2O/c27-19-4-1-17(2-5-19)22-14-29-23-13-18(3-6-21(22)23)25(33)32-15-20(16-32)30-8-10-31(11-9-30)26(34)24-28-7-12-35-24;1-13(24)15-7-10-17-18(14-5-8-16(22)9-6-14)12-23(19(17)11-15)20(25)26-21(2,3)4;1-11(19)13-4-8-17-14(10-13)5-9-16(17)12-2-6-15(18)7-3-12;17-13-5-1-10(2-6-13)14-7-3-11-9-12(16(18)19)4-8-15(11)14;1-9(18)10-5-6-11-12(16)8-17(13(11)7-10)14(19)20-15(2,3)4;16-11(10-13-1-6-17-10)15-4-2-14(3-5-15)9-7-12-8-9;8-5-1-3-6(4-2-5)10-7-9;;;/h1-7,12-14,20,29H,8-11,15-16H2;5-12H,1-4H3;2-4,6-10H,5H2,1H3;1-2,4-9H,3H2,(H,18,19);5-8,12H,1-4H3;1,6,9,12H,2-5,7-8H2;1-4,9H;;2*1H2/q;;;;+1;;;+1;;/p-1. The van der Waals surface area contributed by atoms with Gasteiger partial charge >= 0.3 is 44.7 Å². The van der Waals surface area contributed by atoms with Crippen molar-refractivity contribution in [3.05, 3.63) is 366 Å². The third kappa shape index (κ3) is 28.8. The van der Waals surface area contributed by atoms with Gasteiger partial charge in [-0.1, -0.05) is 136 Å². The predicted molar refractivity (Wildman–Crippen MR) is 568 cm³/mol. The summed E-state index contributed by atoms with van der Waals surface area (Å²) in [5.74, 6) is -1.83. The van der Waals surface area contributed by atoms with E-state index in [1.807, 2.05) is 113 Å². The number of rotatable bonds is 15. The van der Waals surface area contributed by atoms with Crippen LogP contribution in [-0.4, -0.2) is 239 Å². The Balaban J connectivity index is 0.000000158. The summed E-state index contributed by atoms with van der Waals surface area (Å²) in [4.78, 5) is 130. The molecule has 0 bridgehead atoms. The van der Waals surface area contributed by atoms with Crippen LogP contribution < -0.4 is 28.8 Å². The molecule has 0 saturated carbocycles. The fourth-order valence-electron chi connectivity index (χ4n) is 17.4. The number of alkyl halides is 1. The van der Waals surface area contributed by atoms with Gasteiger partial charge in [-0.15, -0.1) is 22.7 Å². The molecule has 14 aromatic rings. The second kappa shape index (κ2) is 50.9. The minimum absolute atomic E-state index is 0. The molecule has 1 radical (unpaired) electrons. The number of hydrogen-bond acceptors (Lipinski definition) is 21. The molecule has 4 aromatic heterocycles. The summed E-state index contributed by atoms with van der Waals surface area (Å²) in [6.07, 6.45) is 13.5. The number of benzene rings is 10. The number of nitrogens with zero attached hydrogens (tertiary/aromatic N) is 9. The quantitative estimate of drug-likeness (QED) is 0.0185. The van der Waals surface area contributed by atoms with E-state index in [1.54, 1.807) is 137 Å². The van der Waals surface area contributed by atoms with Crippen LogP contribution in [0.1, 0.15) is 177 Å². The third-order valence-electron chi connectivity index (χ3n) is 25.1. The van der Waals surface area contributed by atoms with Crippen LogP contribution in [0.5, 0.6) is 5.75 Å². The van der Waals surface area contributed by atoms with Crippen LogP contribution >= 0.6 is 45.3 Å². The Morgan fingerprint density at radius 1 is 0.483 bits per heavy atom. The van der Waals surface area contributed by atoms with E-state index in [0.717, 1.165) is 159 Å². The van der Waals surface area contributed by atoms with E-state index in [-0.39, 0.29) is 97.9 Å². The molecular weight excluding hydrogens is 2060 g/mol. The van der Waals surface area contributed by atoms with Crippen molar-refractivity contribution in [2.45, 2.75) is 102 Å². The first-order valence-corrected chi connectivity index (χ1v) is 50.2. The average molecular weight is 2170 g/mol. The molecule has 7 N–H and O–H groups in total. The van der Waals surface area contributed by atoms with Crippen molar-refractivity contribution in [2.75, 3.05) is 78.5 Å². The fourth-order valence-corrected chi connectivity index (χ4v) is 19.4. The van der Waals surface area contributed by atoms with E-state index in [9.17, 15) is 65.1 Å². The van der Waals surface area contributed by atoms with Crippen molar-refractivity contribution in [1.82, 2.24) is 49.3 Å². The molecule has 1 unspecified atom stereocenters. The Bertz CT molecular complexity index is 7150. The summed E-state index contributed by atoms with van der Waals surface area (Å²) in [6.45, 7) is 25.6. The van der Waals surface area contributed by atoms with Gasteiger partial charge in [-0.3, -0.25) is 43.1 Å². The van der Waals surface area contributed by atoms with E-state index in [1.165, 1.54) is 118 Å². The van der Waals surface area contributed by atoms with Gasteiger partial charge in [0.05, 0.1) is 11.1 Å². The van der Waals surface area contributed by atoms with Crippen molar-refractivity contribution < 1.29 is 124 Å². The van der Waals surface area contributed by atoms with E-state index < -0.39 is 29.4 Å². The number of piperazine rings is 2. The molecule has 27 nitrogen and oxygen atoms in total. The predicted octanol–water partition coefficient (Wildman–Crippen LogP) is 17.3. The van der Waals surface area contributed by atoms with E-state index in [4.69, 9.17) is 19.6 Å². The molecule has 1 atom stereocenters. The zero-order valence-corrected chi connectivity index (χ0v) is 87.3. The van der Waals surface area contributed by atoms with Crippen LogP contribution in [0.4, 0.5) is 37.2 Å². The van der Waals surface area contributed by atoms with Gasteiger partial charge in [0, 0.05) is 187 Å². The Labute approximate surface area is 892 Å². The number of ether oxygens (including phenoxy) is 2. The molecule has 0 spiro atoms. The van der Waals surface area contributed by atoms with Crippen LogP contribution in [0.2, 0.25) is 0 Å². The smallest absolute Gasteiger partial charge is 0.870 e. The largest absolute Gasteiger partial charge is 1.00 e. The van der Waals surface area contributed by atoms with Gasteiger partial charge in [0.15, 0.2) is 33.6 Å². The van der Waals surface area contributed by atoms with E-state index in [2.05, 4.69) is 63.4 Å². The van der Waals surface area contributed by atoms with Gasteiger partial charge in [0.25, 0.3) is 17.7 Å². The van der Waals surface area contributed by atoms with Crippen LogP contribution in [0.25, 0.3) is 55.2 Å². The Kier molecular flexibility index (Phi) is 38.9. The number of thiazole rings is 2. The van der Waals surface area contributed by atoms with Gasteiger partial charge in [-0.05, 0) is 240 Å². The van der Waals surface area contributed by atoms with Crippen molar-refractivity contribution in [3.63, 3.8) is 0 Å². The van der Waals surface area contributed by atoms with E-state index >= 15 is 0 Å². The Morgan fingerprint density at radius 2 is 0.913 bits per heavy atom. The van der Waals surface area contributed by atoms with Crippen molar-refractivity contribution in [2.24, 2.45) is 0 Å². The molecule has 9 heterocycles. The van der Waals surface area contributed by atoms with Crippen molar-refractivity contribution in [3.8, 4) is 28.0 Å². The summed E-state index contributed by atoms with van der Waals surface area (Å²) >= 11 is 5.04. The summed E-state index contributed by atoms with van der Waals surface area (Å²) in [5.41, 5.74) is 16.7. The van der Waals surface area contributed by atoms with E-state index in [0.29, 0.717) is 95.9 Å². The monoisotopic (exact) mass is 2170 g/mol. The number of Topliss-reactive ketones (excluding diaryl/α,β-unsaturated/α-hetero) is 3. The average Bonchev–Trinajstić information content (AvgIpc) is 1.64. The number of ketones is 3. The number of amides is 4. The van der Waals surface area contributed by atoms with Gasteiger partial charge in [0.2, 0.25) is 5.69 Å². The number of halogens is 6. The third-order valence-corrected chi connectivity index (χ3v) is 27.6. The molecule has 4 fully saturated rings. The van der Waals surface area contributed by atoms with Gasteiger partial charge in [0.1, 0.15) is 50.0 Å².